The normalized spacial score (nSPS) is 13.5. The van der Waals surface area contributed by atoms with Crippen LogP contribution in [0.25, 0.3) is 0 Å². The number of sulfonamides is 1. The first-order valence-corrected chi connectivity index (χ1v) is 7.62. The number of nitrogens with one attached hydrogen (secondary N) is 1. The van der Waals surface area contributed by atoms with Gasteiger partial charge >= 0.3 is 5.97 Å². The van der Waals surface area contributed by atoms with E-state index in [-0.39, 0.29) is 0 Å². The second kappa shape index (κ2) is 5.81. The molecule has 0 aromatic carbocycles. The van der Waals surface area contributed by atoms with Crippen molar-refractivity contribution >= 4 is 38.9 Å². The third-order valence-electron chi connectivity index (χ3n) is 1.96. The zero-order valence-electron chi connectivity index (χ0n) is 9.01. The van der Waals surface area contributed by atoms with E-state index >= 15 is 0 Å². The van der Waals surface area contributed by atoms with E-state index < -0.39 is 34.2 Å². The highest BCUT2D eigenvalue weighted by atomic mass is 35.5. The summed E-state index contributed by atoms with van der Waals surface area (Å²) in [6.45, 7) is 1.68. The maximum atomic E-state index is 11.5. The van der Waals surface area contributed by atoms with Gasteiger partial charge in [0, 0.05) is 4.88 Å². The highest BCUT2D eigenvalue weighted by molar-refractivity contribution is 7.89. The lowest BCUT2D eigenvalue weighted by atomic mass is 10.3. The van der Waals surface area contributed by atoms with Crippen molar-refractivity contribution in [2.45, 2.75) is 19.4 Å². The van der Waals surface area contributed by atoms with Gasteiger partial charge < -0.3 is 5.11 Å². The van der Waals surface area contributed by atoms with E-state index in [4.69, 9.17) is 16.7 Å². The van der Waals surface area contributed by atoms with Crippen LogP contribution in [-0.2, 0) is 14.8 Å². The van der Waals surface area contributed by atoms with Gasteiger partial charge in [-0.05, 0) is 19.1 Å². The molecule has 8 heteroatoms. The lowest BCUT2D eigenvalue weighted by molar-refractivity contribution is -0.136. The SMILES string of the molecule is CC(NS(=O)(=O)CCC(=O)O)c1ccc(Cl)s1. The van der Waals surface area contributed by atoms with Crippen molar-refractivity contribution in [3.8, 4) is 0 Å². The lowest BCUT2D eigenvalue weighted by Gasteiger charge is -2.11. The van der Waals surface area contributed by atoms with Crippen molar-refractivity contribution in [1.82, 2.24) is 4.72 Å². The van der Waals surface area contributed by atoms with E-state index in [0.29, 0.717) is 4.34 Å². The molecule has 0 radical (unpaired) electrons. The number of carboxylic acids is 1. The third-order valence-corrected chi connectivity index (χ3v) is 4.83. The maximum absolute atomic E-state index is 11.5. The summed E-state index contributed by atoms with van der Waals surface area (Å²) in [5.41, 5.74) is 0. The smallest absolute Gasteiger partial charge is 0.304 e. The van der Waals surface area contributed by atoms with Crippen LogP contribution in [0.3, 0.4) is 0 Å². The van der Waals surface area contributed by atoms with Gasteiger partial charge in [-0.2, -0.15) is 0 Å². The summed E-state index contributed by atoms with van der Waals surface area (Å²) < 4.78 is 26.0. The van der Waals surface area contributed by atoms with Crippen molar-refractivity contribution in [2.75, 3.05) is 5.75 Å². The van der Waals surface area contributed by atoms with Crippen LogP contribution in [0, 0.1) is 0 Å². The average Bonchev–Trinajstić information content (AvgIpc) is 2.61. The topological polar surface area (TPSA) is 83.5 Å². The van der Waals surface area contributed by atoms with E-state index in [1.165, 1.54) is 11.3 Å². The van der Waals surface area contributed by atoms with E-state index in [1.54, 1.807) is 19.1 Å². The Kier molecular flexibility index (Phi) is 4.93. The molecule has 0 saturated heterocycles. The second-order valence-corrected chi connectivity index (χ2v) is 7.06. The van der Waals surface area contributed by atoms with E-state index in [0.717, 1.165) is 4.88 Å². The van der Waals surface area contributed by atoms with Crippen molar-refractivity contribution in [2.24, 2.45) is 0 Å². The van der Waals surface area contributed by atoms with Crippen LogP contribution >= 0.6 is 22.9 Å². The van der Waals surface area contributed by atoms with Gasteiger partial charge in [0.15, 0.2) is 0 Å². The summed E-state index contributed by atoms with van der Waals surface area (Å²) in [6, 6.07) is 3.01. The van der Waals surface area contributed by atoms with E-state index in [9.17, 15) is 13.2 Å². The molecule has 1 heterocycles. The van der Waals surface area contributed by atoms with Gasteiger partial charge in [-0.3, -0.25) is 4.79 Å². The molecule has 0 spiro atoms. The number of thiophene rings is 1. The van der Waals surface area contributed by atoms with Gasteiger partial charge in [-0.1, -0.05) is 11.6 Å². The first-order valence-electron chi connectivity index (χ1n) is 4.77. The molecule has 0 aliphatic rings. The molecule has 1 rings (SSSR count). The molecule has 17 heavy (non-hydrogen) atoms. The first kappa shape index (κ1) is 14.4. The number of hydrogen-bond donors (Lipinski definition) is 2. The molecule has 1 unspecified atom stereocenters. The Labute approximate surface area is 108 Å². The zero-order chi connectivity index (χ0) is 13.1. The van der Waals surface area contributed by atoms with Crippen LogP contribution in [0.5, 0.6) is 0 Å². The molecule has 5 nitrogen and oxygen atoms in total. The fraction of sp³-hybridized carbons (Fsp3) is 0.444. The Morgan fingerprint density at radius 2 is 2.24 bits per heavy atom. The first-order chi connectivity index (χ1) is 7.80. The predicted molar refractivity (Wildman–Crippen MR) is 66.9 cm³/mol. The molecule has 2 N–H and O–H groups in total. The van der Waals surface area contributed by atoms with Crippen LogP contribution in [0.4, 0.5) is 0 Å². The molecule has 96 valence electrons. The van der Waals surface area contributed by atoms with Crippen LogP contribution in [0.15, 0.2) is 12.1 Å². The van der Waals surface area contributed by atoms with E-state index in [1.807, 2.05) is 0 Å². The number of hydrogen-bond acceptors (Lipinski definition) is 4. The number of rotatable bonds is 6. The number of carbonyl (C=O) groups is 1. The van der Waals surface area contributed by atoms with Gasteiger partial charge in [0.05, 0.1) is 22.6 Å². The van der Waals surface area contributed by atoms with Crippen molar-refractivity contribution in [3.63, 3.8) is 0 Å². The molecule has 0 fully saturated rings. The molecule has 1 atom stereocenters. The number of carboxylic acid groups (broad SMARTS) is 1. The Bertz CT molecular complexity index is 497. The minimum Gasteiger partial charge on any atom is -0.481 e. The molecule has 1 aromatic heterocycles. The van der Waals surface area contributed by atoms with Crippen molar-refractivity contribution in [1.29, 1.82) is 0 Å². The van der Waals surface area contributed by atoms with E-state index in [2.05, 4.69) is 4.72 Å². The maximum Gasteiger partial charge on any atom is 0.304 e. The molecule has 0 aliphatic heterocycles. The zero-order valence-corrected chi connectivity index (χ0v) is 11.4. The van der Waals surface area contributed by atoms with Crippen molar-refractivity contribution in [3.05, 3.63) is 21.3 Å². The summed E-state index contributed by atoms with van der Waals surface area (Å²) in [5.74, 6) is -1.56. The summed E-state index contributed by atoms with van der Waals surface area (Å²) >= 11 is 7.03. The Hall–Kier alpha value is -0.630. The summed E-state index contributed by atoms with van der Waals surface area (Å²) in [5, 5.41) is 8.42. The molecule has 1 aromatic rings. The summed E-state index contributed by atoms with van der Waals surface area (Å²) in [7, 11) is -3.58. The monoisotopic (exact) mass is 297 g/mol. The fourth-order valence-electron chi connectivity index (χ4n) is 1.17. The molecule has 0 bridgehead atoms. The lowest BCUT2D eigenvalue weighted by Crippen LogP contribution is -2.29. The number of halogens is 1. The summed E-state index contributed by atoms with van der Waals surface area (Å²) in [6.07, 6.45) is -0.409. The molecule has 0 saturated carbocycles. The third kappa shape index (κ3) is 5.03. The fourth-order valence-corrected chi connectivity index (χ4v) is 3.53. The van der Waals surface area contributed by atoms with Gasteiger partial charge in [-0.25, -0.2) is 13.1 Å². The quantitative estimate of drug-likeness (QED) is 0.839. The largest absolute Gasteiger partial charge is 0.481 e. The van der Waals surface area contributed by atoms with Crippen LogP contribution in [0.1, 0.15) is 24.3 Å². The Morgan fingerprint density at radius 1 is 1.59 bits per heavy atom. The van der Waals surface area contributed by atoms with Gasteiger partial charge in [-0.15, -0.1) is 11.3 Å². The highest BCUT2D eigenvalue weighted by Crippen LogP contribution is 2.26. The minimum atomic E-state index is -3.58. The molecular formula is C9H12ClNO4S2. The van der Waals surface area contributed by atoms with Crippen molar-refractivity contribution < 1.29 is 18.3 Å². The van der Waals surface area contributed by atoms with Crippen LogP contribution < -0.4 is 4.72 Å². The predicted octanol–water partition coefficient (Wildman–Crippen LogP) is 1.86. The molecule has 0 aliphatic carbocycles. The van der Waals surface area contributed by atoms with Crippen LogP contribution in [-0.4, -0.2) is 25.2 Å². The molecule has 0 amide bonds. The Balaban J connectivity index is 2.61. The number of aliphatic carboxylic acids is 1. The van der Waals surface area contributed by atoms with Gasteiger partial charge in [0.1, 0.15) is 0 Å². The highest BCUT2D eigenvalue weighted by Gasteiger charge is 2.18. The minimum absolute atomic E-state index is 0.409. The van der Waals surface area contributed by atoms with Gasteiger partial charge in [0.2, 0.25) is 10.0 Å². The van der Waals surface area contributed by atoms with Crippen LogP contribution in [0.2, 0.25) is 4.34 Å². The second-order valence-electron chi connectivity index (χ2n) is 3.44. The summed E-state index contributed by atoms with van der Waals surface area (Å²) in [4.78, 5) is 11.1. The average molecular weight is 298 g/mol. The molecular weight excluding hydrogens is 286 g/mol. The standard InChI is InChI=1S/C9H12ClNO4S2/c1-6(7-2-3-8(10)16-7)11-17(14,15)5-4-9(12)13/h2-3,6,11H,4-5H2,1H3,(H,12,13). The Morgan fingerprint density at radius 3 is 2.71 bits per heavy atom. The van der Waals surface area contributed by atoms with Gasteiger partial charge in [0.25, 0.3) is 0 Å².